The highest BCUT2D eigenvalue weighted by molar-refractivity contribution is 8.13. The number of aliphatic imine (C=N–C) groups is 1. The number of fused-ring (bicyclic) bond motifs is 1. The number of halogens is 3. The topological polar surface area (TPSA) is 113 Å². The number of nitrogens with two attached hydrogens (primary N) is 1. The number of nitrogens with one attached hydrogen (secondary N) is 1. The molecule has 30 heavy (non-hydrogen) atoms. The average Bonchev–Trinajstić information content (AvgIpc) is 3.06. The monoisotopic (exact) mass is 449 g/mol. The minimum atomic E-state index is -1.94. The molecule has 0 bridgehead atoms. The molecule has 1 aromatic heterocycles. The number of rotatable bonds is 3. The van der Waals surface area contributed by atoms with Gasteiger partial charge < -0.3 is 15.8 Å². The molecule has 1 aromatic carbocycles. The van der Waals surface area contributed by atoms with Crippen molar-refractivity contribution in [3.63, 3.8) is 0 Å². The Morgan fingerprint density at radius 3 is 2.93 bits per heavy atom. The number of aromatic nitrogens is 1. The van der Waals surface area contributed by atoms with Gasteiger partial charge in [0.05, 0.1) is 23.8 Å². The third-order valence-electron chi connectivity index (χ3n) is 4.99. The molecule has 3 N–H and O–H groups in total. The Balaban J connectivity index is 1.70. The summed E-state index contributed by atoms with van der Waals surface area (Å²) in [6.07, 6.45) is 1.21. The summed E-state index contributed by atoms with van der Waals surface area (Å²) in [6, 6.07) is 6.92. The molecule has 0 radical (unpaired) electrons. The van der Waals surface area contributed by atoms with Crippen molar-refractivity contribution in [2.45, 2.75) is 11.2 Å². The van der Waals surface area contributed by atoms with Crippen molar-refractivity contribution in [1.29, 1.82) is 5.26 Å². The number of hydrogen-bond donors (Lipinski definition) is 2. The van der Waals surface area contributed by atoms with Crippen LogP contribution in [0, 0.1) is 17.1 Å². The number of amidine groups is 1. The number of anilines is 1. The van der Waals surface area contributed by atoms with E-state index in [2.05, 4.69) is 15.3 Å². The lowest BCUT2D eigenvalue weighted by Gasteiger charge is -2.38. The number of alkyl halides is 1. The Labute approximate surface area is 179 Å². The van der Waals surface area contributed by atoms with Gasteiger partial charge in [0, 0.05) is 23.2 Å². The van der Waals surface area contributed by atoms with Crippen molar-refractivity contribution in [1.82, 2.24) is 4.98 Å². The number of carbonyl (C=O) groups excluding carboxylic acids is 1. The number of carbonyl (C=O) groups is 1. The van der Waals surface area contributed by atoms with Crippen LogP contribution >= 0.6 is 23.4 Å². The van der Waals surface area contributed by atoms with Crippen LogP contribution in [0.5, 0.6) is 0 Å². The molecule has 0 aliphatic carbocycles. The number of pyridine rings is 1. The Hall–Kier alpha value is -2.74. The summed E-state index contributed by atoms with van der Waals surface area (Å²) >= 11 is 7.06. The summed E-state index contributed by atoms with van der Waals surface area (Å²) in [4.78, 5) is 20.7. The van der Waals surface area contributed by atoms with Crippen molar-refractivity contribution >= 4 is 40.1 Å². The average molecular weight is 450 g/mol. The highest BCUT2D eigenvalue weighted by Gasteiger charge is 2.61. The van der Waals surface area contributed by atoms with Crippen LogP contribution in [-0.4, -0.2) is 40.7 Å². The van der Waals surface area contributed by atoms with Crippen LogP contribution in [0.25, 0.3) is 0 Å². The van der Waals surface area contributed by atoms with E-state index < -0.39 is 22.9 Å². The van der Waals surface area contributed by atoms with Crippen LogP contribution in [0.4, 0.5) is 14.5 Å². The van der Waals surface area contributed by atoms with Gasteiger partial charge in [0.1, 0.15) is 17.6 Å². The number of amides is 1. The van der Waals surface area contributed by atoms with Gasteiger partial charge in [-0.2, -0.15) is 5.26 Å². The SMILES string of the molecule is N#Cc1cnc(C(=O)Nc2ccc(F)c(C34COCC3(F)CSC(N)=N4)c2)c(Cl)c1. The molecular formula is C19H14ClF2N5O2S. The fourth-order valence-electron chi connectivity index (χ4n) is 3.47. The van der Waals surface area contributed by atoms with Crippen LogP contribution < -0.4 is 11.1 Å². The van der Waals surface area contributed by atoms with Crippen LogP contribution in [-0.2, 0) is 10.3 Å². The van der Waals surface area contributed by atoms with Gasteiger partial charge in [-0.1, -0.05) is 23.4 Å². The van der Waals surface area contributed by atoms with E-state index in [4.69, 9.17) is 27.3 Å². The number of nitrogens with zero attached hydrogens (tertiary/aromatic N) is 3. The Kier molecular flexibility index (Phi) is 5.13. The molecule has 0 spiro atoms. The minimum absolute atomic E-state index is 0.0128. The van der Waals surface area contributed by atoms with Gasteiger partial charge >= 0.3 is 0 Å². The van der Waals surface area contributed by atoms with Crippen LogP contribution in [0.3, 0.4) is 0 Å². The zero-order valence-electron chi connectivity index (χ0n) is 15.3. The van der Waals surface area contributed by atoms with Crippen molar-refractivity contribution in [2.24, 2.45) is 10.7 Å². The number of thioether (sulfide) groups is 1. The molecule has 1 fully saturated rings. The summed E-state index contributed by atoms with van der Waals surface area (Å²) in [5.41, 5.74) is 2.44. The summed E-state index contributed by atoms with van der Waals surface area (Å²) in [5, 5.41) is 11.6. The molecule has 2 atom stereocenters. The van der Waals surface area contributed by atoms with E-state index in [9.17, 15) is 9.18 Å². The number of ether oxygens (including phenoxy) is 1. The summed E-state index contributed by atoms with van der Waals surface area (Å²) in [5.74, 6) is -1.39. The zero-order valence-corrected chi connectivity index (χ0v) is 16.9. The maximum absolute atomic E-state index is 15.6. The van der Waals surface area contributed by atoms with E-state index >= 15 is 4.39 Å². The summed E-state index contributed by atoms with van der Waals surface area (Å²) < 4.78 is 35.7. The van der Waals surface area contributed by atoms with Crippen molar-refractivity contribution < 1.29 is 18.3 Å². The van der Waals surface area contributed by atoms with E-state index in [1.54, 1.807) is 0 Å². The number of hydrogen-bond acceptors (Lipinski definition) is 7. The molecule has 11 heteroatoms. The third kappa shape index (κ3) is 3.29. The Bertz CT molecular complexity index is 1120. The lowest BCUT2D eigenvalue weighted by atomic mass is 9.79. The van der Waals surface area contributed by atoms with Crippen molar-refractivity contribution in [3.05, 3.63) is 58.1 Å². The molecule has 1 amide bonds. The smallest absolute Gasteiger partial charge is 0.275 e. The van der Waals surface area contributed by atoms with E-state index in [0.29, 0.717) is 0 Å². The second kappa shape index (κ2) is 7.50. The number of benzene rings is 1. The van der Waals surface area contributed by atoms with Crippen LogP contribution in [0.2, 0.25) is 5.02 Å². The first-order valence-corrected chi connectivity index (χ1v) is 10.1. The van der Waals surface area contributed by atoms with E-state index in [1.165, 1.54) is 24.4 Å². The normalized spacial score (nSPS) is 25.2. The van der Waals surface area contributed by atoms with Crippen LogP contribution in [0.15, 0.2) is 35.5 Å². The highest BCUT2D eigenvalue weighted by Crippen LogP contribution is 2.50. The fraction of sp³-hybridized carbons (Fsp3) is 0.263. The third-order valence-corrected chi connectivity index (χ3v) is 6.27. The Morgan fingerprint density at radius 1 is 1.40 bits per heavy atom. The van der Waals surface area contributed by atoms with Gasteiger partial charge in [-0.3, -0.25) is 4.79 Å². The van der Waals surface area contributed by atoms with E-state index in [0.717, 1.165) is 17.8 Å². The first-order valence-electron chi connectivity index (χ1n) is 8.70. The van der Waals surface area contributed by atoms with E-state index in [-0.39, 0.29) is 51.7 Å². The van der Waals surface area contributed by atoms with Gasteiger partial charge in [0.15, 0.2) is 16.4 Å². The first-order chi connectivity index (χ1) is 14.3. The molecule has 4 rings (SSSR count). The Morgan fingerprint density at radius 2 is 2.20 bits per heavy atom. The summed E-state index contributed by atoms with van der Waals surface area (Å²) in [6.45, 7) is -0.417. The maximum atomic E-state index is 15.6. The predicted molar refractivity (Wildman–Crippen MR) is 109 cm³/mol. The molecule has 2 aliphatic heterocycles. The lowest BCUT2D eigenvalue weighted by molar-refractivity contribution is 0.102. The molecule has 2 unspecified atom stereocenters. The maximum Gasteiger partial charge on any atom is 0.275 e. The minimum Gasteiger partial charge on any atom is -0.379 e. The van der Waals surface area contributed by atoms with Gasteiger partial charge in [0.25, 0.3) is 5.91 Å². The zero-order chi connectivity index (χ0) is 21.5. The molecule has 1 saturated heterocycles. The molecular weight excluding hydrogens is 436 g/mol. The quantitative estimate of drug-likeness (QED) is 0.744. The van der Waals surface area contributed by atoms with E-state index in [1.807, 2.05) is 6.07 Å². The fourth-order valence-corrected chi connectivity index (χ4v) is 4.64. The molecule has 7 nitrogen and oxygen atoms in total. The predicted octanol–water partition coefficient (Wildman–Crippen LogP) is 2.99. The van der Waals surface area contributed by atoms with Crippen molar-refractivity contribution in [2.75, 3.05) is 24.3 Å². The number of nitriles is 1. The molecule has 0 saturated carbocycles. The molecule has 3 heterocycles. The van der Waals surface area contributed by atoms with Gasteiger partial charge in [-0.05, 0) is 24.3 Å². The lowest BCUT2D eigenvalue weighted by Crippen LogP contribution is -2.52. The van der Waals surface area contributed by atoms with Gasteiger partial charge in [0.2, 0.25) is 0 Å². The summed E-state index contributed by atoms with van der Waals surface area (Å²) in [7, 11) is 0. The largest absolute Gasteiger partial charge is 0.379 e. The van der Waals surface area contributed by atoms with Crippen LogP contribution in [0.1, 0.15) is 21.6 Å². The second-order valence-corrected chi connectivity index (χ2v) is 8.27. The van der Waals surface area contributed by atoms with Gasteiger partial charge in [-0.15, -0.1) is 0 Å². The molecule has 154 valence electrons. The van der Waals surface area contributed by atoms with Crippen molar-refractivity contribution in [3.8, 4) is 6.07 Å². The first kappa shape index (κ1) is 20.5. The second-order valence-electron chi connectivity index (χ2n) is 6.87. The van der Waals surface area contributed by atoms with Gasteiger partial charge in [-0.25, -0.2) is 18.8 Å². The molecule has 2 aromatic rings. The standard InChI is InChI=1S/C19H14ClF2N5O2S/c20-13-3-10(5-23)6-25-15(13)16(28)26-11-1-2-14(21)12(4-11)19-8-29-7-18(19,22)9-30-17(24)27-19/h1-4,6H,7-9H2,(H2,24,27)(H,26,28). The molecule has 2 aliphatic rings. The highest BCUT2D eigenvalue weighted by atomic mass is 35.5.